The fourth-order valence-corrected chi connectivity index (χ4v) is 3.32. The summed E-state index contributed by atoms with van der Waals surface area (Å²) >= 11 is 15.7. The third kappa shape index (κ3) is 2.16. The normalized spacial score (nSPS) is 10.9. The zero-order chi connectivity index (χ0) is 14.3. The van der Waals surface area contributed by atoms with Crippen molar-refractivity contribution in [2.24, 2.45) is 0 Å². The van der Waals surface area contributed by atoms with Crippen LogP contribution in [0.2, 0.25) is 10.0 Å². The lowest BCUT2D eigenvalue weighted by molar-refractivity contribution is 0.104. The van der Waals surface area contributed by atoms with Crippen LogP contribution in [0.3, 0.4) is 0 Å². The number of carbonyl (C=O) groups is 1. The van der Waals surface area contributed by atoms with Crippen LogP contribution < -0.4 is 0 Å². The van der Waals surface area contributed by atoms with Gasteiger partial charge in [0.1, 0.15) is 0 Å². The second-order valence-corrected chi connectivity index (χ2v) is 5.96. The maximum absolute atomic E-state index is 12.7. The van der Waals surface area contributed by atoms with Crippen LogP contribution in [0.4, 0.5) is 0 Å². The van der Waals surface area contributed by atoms with Gasteiger partial charge >= 0.3 is 0 Å². The predicted molar refractivity (Wildman–Crippen MR) is 85.9 cm³/mol. The number of H-pyrrole nitrogens is 1. The summed E-state index contributed by atoms with van der Waals surface area (Å²) in [6.45, 7) is 0. The van der Waals surface area contributed by atoms with Crippen molar-refractivity contribution in [3.63, 3.8) is 0 Å². The van der Waals surface area contributed by atoms with Gasteiger partial charge in [0.15, 0.2) is 5.78 Å². The van der Waals surface area contributed by atoms with Crippen molar-refractivity contribution in [3.8, 4) is 0 Å². The van der Waals surface area contributed by atoms with E-state index >= 15 is 0 Å². The Labute approximate surface area is 133 Å². The van der Waals surface area contributed by atoms with E-state index in [0.29, 0.717) is 21.2 Å². The minimum absolute atomic E-state index is 0.196. The molecule has 0 saturated heterocycles. The van der Waals surface area contributed by atoms with E-state index in [1.54, 1.807) is 24.4 Å². The average Bonchev–Trinajstić information content (AvgIpc) is 2.83. The van der Waals surface area contributed by atoms with Gasteiger partial charge in [0, 0.05) is 27.1 Å². The summed E-state index contributed by atoms with van der Waals surface area (Å²) < 4.78 is 0.850. The number of aromatic nitrogens is 1. The lowest BCUT2D eigenvalue weighted by atomic mass is 10.0. The van der Waals surface area contributed by atoms with E-state index in [0.717, 1.165) is 15.4 Å². The van der Waals surface area contributed by atoms with Crippen LogP contribution in [0, 0.1) is 0 Å². The smallest absolute Gasteiger partial charge is 0.198 e. The Bertz CT molecular complexity index is 806. The molecule has 0 fully saturated rings. The standard InChI is InChI=1S/C15H8BrCl2NO/c16-9-3-1-6-12-13(9)8(7-19-12)15(20)14-10(17)4-2-5-11(14)18/h1-7,19H. The highest BCUT2D eigenvalue weighted by molar-refractivity contribution is 9.10. The average molecular weight is 369 g/mol. The van der Waals surface area contributed by atoms with Crippen molar-refractivity contribution in [2.75, 3.05) is 0 Å². The number of fused-ring (bicyclic) bond motifs is 1. The molecule has 2 nitrogen and oxygen atoms in total. The summed E-state index contributed by atoms with van der Waals surface area (Å²) in [4.78, 5) is 15.8. The Morgan fingerprint density at radius 1 is 1.05 bits per heavy atom. The molecule has 1 N–H and O–H groups in total. The van der Waals surface area contributed by atoms with E-state index in [1.165, 1.54) is 0 Å². The van der Waals surface area contributed by atoms with Crippen LogP contribution >= 0.6 is 39.1 Å². The maximum atomic E-state index is 12.7. The van der Waals surface area contributed by atoms with Crippen LogP contribution in [0.1, 0.15) is 15.9 Å². The van der Waals surface area contributed by atoms with E-state index in [9.17, 15) is 4.79 Å². The van der Waals surface area contributed by atoms with E-state index in [1.807, 2.05) is 18.2 Å². The molecule has 5 heteroatoms. The van der Waals surface area contributed by atoms with Crippen molar-refractivity contribution in [1.29, 1.82) is 0 Å². The number of carbonyl (C=O) groups excluding carboxylic acids is 1. The third-order valence-electron chi connectivity index (χ3n) is 3.09. The highest BCUT2D eigenvalue weighted by Crippen LogP contribution is 2.32. The SMILES string of the molecule is O=C(c1c(Cl)cccc1Cl)c1c[nH]c2cccc(Br)c12. The Balaban J connectivity index is 2.24. The van der Waals surface area contributed by atoms with Gasteiger partial charge in [0.25, 0.3) is 0 Å². The summed E-state index contributed by atoms with van der Waals surface area (Å²) in [5, 5.41) is 1.53. The number of hydrogen-bond donors (Lipinski definition) is 1. The zero-order valence-corrected chi connectivity index (χ0v) is 13.2. The van der Waals surface area contributed by atoms with Gasteiger partial charge in [0.2, 0.25) is 0 Å². The van der Waals surface area contributed by atoms with E-state index < -0.39 is 0 Å². The Hall–Kier alpha value is -1.29. The van der Waals surface area contributed by atoms with Crippen molar-refractivity contribution in [1.82, 2.24) is 4.98 Å². The van der Waals surface area contributed by atoms with Gasteiger partial charge in [0.05, 0.1) is 15.6 Å². The molecule has 3 rings (SSSR count). The van der Waals surface area contributed by atoms with Crippen molar-refractivity contribution in [3.05, 3.63) is 68.2 Å². The van der Waals surface area contributed by atoms with E-state index in [4.69, 9.17) is 23.2 Å². The minimum Gasteiger partial charge on any atom is -0.360 e. The molecule has 2 aromatic carbocycles. The number of aromatic amines is 1. The lowest BCUT2D eigenvalue weighted by Crippen LogP contribution is -2.02. The van der Waals surface area contributed by atoms with E-state index in [2.05, 4.69) is 20.9 Å². The van der Waals surface area contributed by atoms with Crippen molar-refractivity contribution >= 4 is 55.8 Å². The Kier molecular flexibility index (Phi) is 3.59. The zero-order valence-electron chi connectivity index (χ0n) is 10.1. The molecule has 0 aliphatic carbocycles. The highest BCUT2D eigenvalue weighted by atomic mass is 79.9. The van der Waals surface area contributed by atoms with Crippen molar-refractivity contribution in [2.45, 2.75) is 0 Å². The van der Waals surface area contributed by atoms with Crippen LogP contribution in [0.5, 0.6) is 0 Å². The van der Waals surface area contributed by atoms with Gasteiger partial charge in [-0.3, -0.25) is 4.79 Å². The van der Waals surface area contributed by atoms with Crippen LogP contribution in [-0.4, -0.2) is 10.8 Å². The molecular weight excluding hydrogens is 361 g/mol. The summed E-state index contributed by atoms with van der Waals surface area (Å²) in [5.41, 5.74) is 1.75. The summed E-state index contributed by atoms with van der Waals surface area (Å²) in [7, 11) is 0. The molecule has 100 valence electrons. The number of benzene rings is 2. The van der Waals surface area contributed by atoms with Crippen LogP contribution in [0.25, 0.3) is 10.9 Å². The molecule has 3 aromatic rings. The van der Waals surface area contributed by atoms with Crippen LogP contribution in [-0.2, 0) is 0 Å². The van der Waals surface area contributed by atoms with Crippen LogP contribution in [0.15, 0.2) is 47.1 Å². The predicted octanol–water partition coefficient (Wildman–Crippen LogP) is 5.47. The molecule has 0 unspecified atom stereocenters. The first-order chi connectivity index (χ1) is 9.59. The van der Waals surface area contributed by atoms with Gasteiger partial charge in [-0.2, -0.15) is 0 Å². The lowest BCUT2D eigenvalue weighted by Gasteiger charge is -2.05. The van der Waals surface area contributed by atoms with Gasteiger partial charge in [-0.15, -0.1) is 0 Å². The first-order valence-electron chi connectivity index (χ1n) is 5.84. The third-order valence-corrected chi connectivity index (χ3v) is 4.38. The number of nitrogens with one attached hydrogen (secondary N) is 1. The van der Waals surface area contributed by atoms with Gasteiger partial charge in [-0.05, 0) is 24.3 Å². The second kappa shape index (κ2) is 5.24. The molecule has 1 heterocycles. The molecule has 0 aliphatic heterocycles. The molecule has 0 amide bonds. The molecule has 0 radical (unpaired) electrons. The van der Waals surface area contributed by atoms with Gasteiger partial charge in [-0.1, -0.05) is 51.3 Å². The largest absolute Gasteiger partial charge is 0.360 e. The molecule has 0 atom stereocenters. The Morgan fingerprint density at radius 3 is 2.40 bits per heavy atom. The first-order valence-corrected chi connectivity index (χ1v) is 7.39. The van der Waals surface area contributed by atoms with Gasteiger partial charge in [-0.25, -0.2) is 0 Å². The highest BCUT2D eigenvalue weighted by Gasteiger charge is 2.20. The number of rotatable bonds is 2. The van der Waals surface area contributed by atoms with Gasteiger partial charge < -0.3 is 4.98 Å². The fourth-order valence-electron chi connectivity index (χ4n) is 2.17. The summed E-state index contributed by atoms with van der Waals surface area (Å²) in [5.74, 6) is -0.196. The number of hydrogen-bond acceptors (Lipinski definition) is 1. The molecule has 1 aromatic heterocycles. The molecule has 0 spiro atoms. The maximum Gasteiger partial charge on any atom is 0.198 e. The topological polar surface area (TPSA) is 32.9 Å². The number of halogens is 3. The number of ketones is 1. The Morgan fingerprint density at radius 2 is 1.70 bits per heavy atom. The second-order valence-electron chi connectivity index (χ2n) is 4.29. The first kappa shape index (κ1) is 13.7. The minimum atomic E-state index is -0.196. The quantitative estimate of drug-likeness (QED) is 0.598. The molecule has 20 heavy (non-hydrogen) atoms. The monoisotopic (exact) mass is 367 g/mol. The molecule has 0 aliphatic rings. The molecular formula is C15H8BrCl2NO. The molecule has 0 saturated carbocycles. The molecule has 0 bridgehead atoms. The summed E-state index contributed by atoms with van der Waals surface area (Å²) in [6, 6.07) is 10.7. The fraction of sp³-hybridized carbons (Fsp3) is 0. The van der Waals surface area contributed by atoms with E-state index in [-0.39, 0.29) is 5.78 Å². The summed E-state index contributed by atoms with van der Waals surface area (Å²) in [6.07, 6.45) is 1.68. The van der Waals surface area contributed by atoms with Crippen molar-refractivity contribution < 1.29 is 4.79 Å².